The van der Waals surface area contributed by atoms with Gasteiger partial charge in [-0.2, -0.15) is 0 Å². The van der Waals surface area contributed by atoms with Crippen LogP contribution >= 0.6 is 0 Å². The van der Waals surface area contributed by atoms with Gasteiger partial charge in [-0.15, -0.1) is 0 Å². The van der Waals surface area contributed by atoms with Crippen LogP contribution < -0.4 is 9.47 Å². The van der Waals surface area contributed by atoms with Crippen LogP contribution in [0.3, 0.4) is 0 Å². The first kappa shape index (κ1) is 18.9. The normalized spacial score (nSPS) is 13.6. The van der Waals surface area contributed by atoms with Crippen molar-refractivity contribution < 1.29 is 9.47 Å². The smallest absolute Gasteiger partial charge is 0.122 e. The molecule has 0 aromatic heterocycles. The molecule has 126 valence electrons. The molecule has 1 aromatic rings. The molecule has 0 radical (unpaired) electrons. The molecule has 2 nitrogen and oxygen atoms in total. The van der Waals surface area contributed by atoms with Crippen molar-refractivity contribution in [1.29, 1.82) is 0 Å². The molecule has 0 bridgehead atoms. The van der Waals surface area contributed by atoms with E-state index in [1.54, 1.807) is 0 Å². The standard InChI is InChI=1S/C20H34O2/c1-5-10-17(7-3)15-21-19-12-9-13-20(14-19)22-16-18(8-4)11-6-2/h9,12-14,17-18H,5-8,10-11,15-16H2,1-4H3. The number of hydrogen-bond acceptors (Lipinski definition) is 2. The van der Waals surface area contributed by atoms with E-state index in [0.717, 1.165) is 24.7 Å². The molecule has 1 rings (SSSR count). The van der Waals surface area contributed by atoms with Gasteiger partial charge in [-0.05, 0) is 36.8 Å². The number of rotatable bonds is 12. The van der Waals surface area contributed by atoms with Gasteiger partial charge < -0.3 is 9.47 Å². The van der Waals surface area contributed by atoms with E-state index in [9.17, 15) is 0 Å². The van der Waals surface area contributed by atoms with E-state index in [2.05, 4.69) is 27.7 Å². The Morgan fingerprint density at radius 2 is 1.23 bits per heavy atom. The molecule has 0 heterocycles. The van der Waals surface area contributed by atoms with Crippen LogP contribution in [0.5, 0.6) is 11.5 Å². The highest BCUT2D eigenvalue weighted by Crippen LogP contribution is 2.22. The second-order valence-corrected chi connectivity index (χ2v) is 6.22. The minimum atomic E-state index is 0.656. The van der Waals surface area contributed by atoms with Crippen LogP contribution in [0.2, 0.25) is 0 Å². The largest absolute Gasteiger partial charge is 0.493 e. The van der Waals surface area contributed by atoms with Gasteiger partial charge in [-0.25, -0.2) is 0 Å². The van der Waals surface area contributed by atoms with Crippen molar-refractivity contribution in [2.45, 2.75) is 66.2 Å². The Morgan fingerprint density at radius 1 is 0.773 bits per heavy atom. The van der Waals surface area contributed by atoms with E-state index in [4.69, 9.17) is 9.47 Å². The molecule has 0 spiro atoms. The van der Waals surface area contributed by atoms with Crippen LogP contribution in [0.4, 0.5) is 0 Å². The van der Waals surface area contributed by atoms with Crippen molar-refractivity contribution in [3.05, 3.63) is 24.3 Å². The Morgan fingerprint density at radius 3 is 1.59 bits per heavy atom. The van der Waals surface area contributed by atoms with E-state index < -0.39 is 0 Å². The van der Waals surface area contributed by atoms with Crippen LogP contribution in [0.15, 0.2) is 24.3 Å². The number of ether oxygens (including phenoxy) is 2. The van der Waals surface area contributed by atoms with Crippen LogP contribution in [0.25, 0.3) is 0 Å². The summed E-state index contributed by atoms with van der Waals surface area (Å²) in [6.45, 7) is 10.6. The zero-order valence-corrected chi connectivity index (χ0v) is 14.9. The third-order valence-electron chi connectivity index (χ3n) is 4.33. The quantitative estimate of drug-likeness (QED) is 0.464. The molecule has 0 aliphatic heterocycles. The Bertz CT molecular complexity index is 356. The van der Waals surface area contributed by atoms with Gasteiger partial charge in [-0.3, -0.25) is 0 Å². The third-order valence-corrected chi connectivity index (χ3v) is 4.33. The maximum Gasteiger partial charge on any atom is 0.122 e. The van der Waals surface area contributed by atoms with Crippen molar-refractivity contribution in [1.82, 2.24) is 0 Å². The number of benzene rings is 1. The van der Waals surface area contributed by atoms with Gasteiger partial charge >= 0.3 is 0 Å². The third kappa shape index (κ3) is 7.20. The SMILES string of the molecule is CCCC(CC)COc1cccc(OCC(CC)CCC)c1. The van der Waals surface area contributed by atoms with E-state index >= 15 is 0 Å². The Hall–Kier alpha value is -1.18. The van der Waals surface area contributed by atoms with E-state index in [-0.39, 0.29) is 0 Å². The molecular formula is C20H34O2. The Kier molecular flexibility index (Phi) is 9.77. The van der Waals surface area contributed by atoms with Gasteiger partial charge in [0.25, 0.3) is 0 Å². The molecule has 1 aromatic carbocycles. The summed E-state index contributed by atoms with van der Waals surface area (Å²) in [6.07, 6.45) is 7.28. The van der Waals surface area contributed by atoms with E-state index in [1.807, 2.05) is 24.3 Å². The van der Waals surface area contributed by atoms with Gasteiger partial charge in [0.1, 0.15) is 11.5 Å². The van der Waals surface area contributed by atoms with Gasteiger partial charge in [0.15, 0.2) is 0 Å². The monoisotopic (exact) mass is 306 g/mol. The summed E-state index contributed by atoms with van der Waals surface area (Å²) < 4.78 is 11.9. The molecule has 0 saturated carbocycles. The summed E-state index contributed by atoms with van der Waals surface area (Å²) in [7, 11) is 0. The molecule has 2 heteroatoms. The molecule has 0 amide bonds. The minimum Gasteiger partial charge on any atom is -0.493 e. The zero-order valence-electron chi connectivity index (χ0n) is 14.9. The second kappa shape index (κ2) is 11.4. The van der Waals surface area contributed by atoms with Crippen molar-refractivity contribution in [3.8, 4) is 11.5 Å². The van der Waals surface area contributed by atoms with Crippen molar-refractivity contribution in [2.75, 3.05) is 13.2 Å². The number of hydrogen-bond donors (Lipinski definition) is 0. The highest BCUT2D eigenvalue weighted by atomic mass is 16.5. The average Bonchev–Trinajstić information content (AvgIpc) is 2.55. The lowest BCUT2D eigenvalue weighted by atomic mass is 10.0. The van der Waals surface area contributed by atoms with Crippen LogP contribution in [-0.4, -0.2) is 13.2 Å². The summed E-state index contributed by atoms with van der Waals surface area (Å²) in [4.78, 5) is 0. The highest BCUT2D eigenvalue weighted by Gasteiger charge is 2.08. The lowest BCUT2D eigenvalue weighted by molar-refractivity contribution is 0.224. The Balaban J connectivity index is 2.47. The fraction of sp³-hybridized carbons (Fsp3) is 0.700. The molecular weight excluding hydrogens is 272 g/mol. The van der Waals surface area contributed by atoms with Gasteiger partial charge in [0.2, 0.25) is 0 Å². The first-order valence-corrected chi connectivity index (χ1v) is 9.08. The first-order chi connectivity index (χ1) is 10.7. The predicted octanol–water partition coefficient (Wildman–Crippen LogP) is 6.10. The van der Waals surface area contributed by atoms with Crippen LogP contribution in [0.1, 0.15) is 66.2 Å². The molecule has 2 atom stereocenters. The van der Waals surface area contributed by atoms with Gasteiger partial charge in [0.05, 0.1) is 13.2 Å². The Labute approximate surface area is 137 Å². The lowest BCUT2D eigenvalue weighted by Gasteiger charge is -2.17. The van der Waals surface area contributed by atoms with Gasteiger partial charge in [-0.1, -0.05) is 59.4 Å². The van der Waals surface area contributed by atoms with Crippen LogP contribution in [0, 0.1) is 11.8 Å². The molecule has 0 saturated heterocycles. The summed E-state index contributed by atoms with van der Waals surface area (Å²) in [6, 6.07) is 8.09. The molecule has 2 unspecified atom stereocenters. The summed E-state index contributed by atoms with van der Waals surface area (Å²) in [5.41, 5.74) is 0. The zero-order chi connectivity index (χ0) is 16.2. The van der Waals surface area contributed by atoms with Gasteiger partial charge in [0, 0.05) is 6.07 Å². The van der Waals surface area contributed by atoms with Crippen molar-refractivity contribution in [2.24, 2.45) is 11.8 Å². The van der Waals surface area contributed by atoms with E-state index in [1.165, 1.54) is 38.5 Å². The van der Waals surface area contributed by atoms with Crippen molar-refractivity contribution >= 4 is 0 Å². The topological polar surface area (TPSA) is 18.5 Å². The van der Waals surface area contributed by atoms with E-state index in [0.29, 0.717) is 11.8 Å². The summed E-state index contributed by atoms with van der Waals surface area (Å²) in [5, 5.41) is 0. The fourth-order valence-corrected chi connectivity index (χ4v) is 2.71. The predicted molar refractivity (Wildman–Crippen MR) is 94.8 cm³/mol. The summed E-state index contributed by atoms with van der Waals surface area (Å²) >= 11 is 0. The lowest BCUT2D eigenvalue weighted by Crippen LogP contribution is -2.12. The summed E-state index contributed by atoms with van der Waals surface area (Å²) in [5.74, 6) is 3.17. The first-order valence-electron chi connectivity index (χ1n) is 9.08. The van der Waals surface area contributed by atoms with Crippen molar-refractivity contribution in [3.63, 3.8) is 0 Å². The second-order valence-electron chi connectivity index (χ2n) is 6.22. The molecule has 0 aliphatic carbocycles. The molecule has 0 aliphatic rings. The minimum absolute atomic E-state index is 0.656. The maximum absolute atomic E-state index is 5.95. The average molecular weight is 306 g/mol. The van der Waals surface area contributed by atoms with Crippen LogP contribution in [-0.2, 0) is 0 Å². The molecule has 0 fully saturated rings. The highest BCUT2D eigenvalue weighted by molar-refractivity contribution is 5.32. The molecule has 0 N–H and O–H groups in total. The fourth-order valence-electron chi connectivity index (χ4n) is 2.71. The maximum atomic E-state index is 5.95. The molecule has 22 heavy (non-hydrogen) atoms.